The predicted octanol–water partition coefficient (Wildman–Crippen LogP) is -0.202. The van der Waals surface area contributed by atoms with Crippen LogP contribution in [0, 0.1) is 5.82 Å². The van der Waals surface area contributed by atoms with Crippen molar-refractivity contribution in [1.29, 1.82) is 0 Å². The molecule has 0 fully saturated rings. The maximum Gasteiger partial charge on any atom is 0.254 e. The lowest BCUT2D eigenvalue weighted by atomic mass is 10.2. The summed E-state index contributed by atoms with van der Waals surface area (Å²) in [7, 11) is 0. The minimum Gasteiger partial charge on any atom is -0.381 e. The second-order valence-electron chi connectivity index (χ2n) is 3.38. The molecule has 0 radical (unpaired) electrons. The highest BCUT2D eigenvalue weighted by molar-refractivity contribution is 5.95. The Morgan fingerprint density at radius 2 is 2.18 bits per heavy atom. The molecule has 0 aliphatic rings. The Kier molecular flexibility index (Phi) is 4.38. The summed E-state index contributed by atoms with van der Waals surface area (Å²) in [4.78, 5) is 25.5. The smallest absolute Gasteiger partial charge is 0.254 e. The van der Waals surface area contributed by atoms with Crippen molar-refractivity contribution >= 4 is 17.6 Å². The van der Waals surface area contributed by atoms with Gasteiger partial charge in [-0.15, -0.1) is 0 Å². The van der Waals surface area contributed by atoms with Crippen LogP contribution in [-0.4, -0.2) is 23.3 Å². The molecule has 1 heterocycles. The molecule has 6 nitrogen and oxygen atoms in total. The van der Waals surface area contributed by atoms with Gasteiger partial charge in [0, 0.05) is 19.2 Å². The fourth-order valence-corrected chi connectivity index (χ4v) is 1.20. The normalized spacial score (nSPS) is 9.94. The number of primary amides is 1. The lowest BCUT2D eigenvalue weighted by molar-refractivity contribution is -0.118. The van der Waals surface area contributed by atoms with Crippen LogP contribution in [0.15, 0.2) is 12.3 Å². The van der Waals surface area contributed by atoms with Crippen molar-refractivity contribution in [2.45, 2.75) is 12.8 Å². The van der Waals surface area contributed by atoms with Crippen LogP contribution in [0.3, 0.4) is 0 Å². The van der Waals surface area contributed by atoms with Gasteiger partial charge in [0.05, 0.1) is 5.56 Å². The molecule has 0 saturated heterocycles. The molecule has 7 heteroatoms. The number of nitrogens with two attached hydrogens (primary N) is 2. The zero-order chi connectivity index (χ0) is 12.8. The molecule has 0 atom stereocenters. The van der Waals surface area contributed by atoms with E-state index < -0.39 is 17.6 Å². The number of anilines is 1. The molecular formula is C10H13FN4O2. The molecule has 0 spiro atoms. The van der Waals surface area contributed by atoms with E-state index in [1.54, 1.807) is 0 Å². The third-order valence-electron chi connectivity index (χ3n) is 2.05. The standard InChI is InChI=1S/C10H13FN4O2/c11-8-6(3-5-14-9(8)13)10(17)15-4-1-2-7(12)16/h3,5H,1-2,4H2,(H2,12,16)(H2,13,14)(H,15,17). The fourth-order valence-electron chi connectivity index (χ4n) is 1.20. The van der Waals surface area contributed by atoms with E-state index in [1.165, 1.54) is 12.3 Å². The summed E-state index contributed by atoms with van der Waals surface area (Å²) in [6.45, 7) is 0.240. The summed E-state index contributed by atoms with van der Waals surface area (Å²) in [6.07, 6.45) is 1.82. The topological polar surface area (TPSA) is 111 Å². The van der Waals surface area contributed by atoms with Crippen LogP contribution >= 0.6 is 0 Å². The summed E-state index contributed by atoms with van der Waals surface area (Å²) >= 11 is 0. The van der Waals surface area contributed by atoms with E-state index in [0.29, 0.717) is 6.42 Å². The molecule has 0 saturated carbocycles. The highest BCUT2D eigenvalue weighted by Gasteiger charge is 2.13. The molecule has 1 rings (SSSR count). The highest BCUT2D eigenvalue weighted by atomic mass is 19.1. The van der Waals surface area contributed by atoms with Crippen LogP contribution in [-0.2, 0) is 4.79 Å². The minimum atomic E-state index is -0.847. The van der Waals surface area contributed by atoms with Gasteiger partial charge in [0.15, 0.2) is 11.6 Å². The van der Waals surface area contributed by atoms with Crippen LogP contribution in [0.1, 0.15) is 23.2 Å². The van der Waals surface area contributed by atoms with Gasteiger partial charge < -0.3 is 16.8 Å². The number of hydrogen-bond acceptors (Lipinski definition) is 4. The van der Waals surface area contributed by atoms with E-state index in [4.69, 9.17) is 11.5 Å². The molecule has 0 aliphatic heterocycles. The summed E-state index contributed by atoms with van der Waals surface area (Å²) in [6, 6.07) is 1.23. The van der Waals surface area contributed by atoms with E-state index in [2.05, 4.69) is 10.3 Å². The Balaban J connectivity index is 2.53. The first-order valence-corrected chi connectivity index (χ1v) is 4.99. The first kappa shape index (κ1) is 12.9. The van der Waals surface area contributed by atoms with Crippen molar-refractivity contribution in [1.82, 2.24) is 10.3 Å². The molecule has 0 aliphatic carbocycles. The van der Waals surface area contributed by atoms with Gasteiger partial charge in [-0.3, -0.25) is 9.59 Å². The van der Waals surface area contributed by atoms with Crippen LogP contribution in [0.25, 0.3) is 0 Å². The van der Waals surface area contributed by atoms with Gasteiger partial charge in [-0.05, 0) is 12.5 Å². The molecule has 0 aromatic carbocycles. The SMILES string of the molecule is NC(=O)CCCNC(=O)c1ccnc(N)c1F. The van der Waals surface area contributed by atoms with Crippen molar-refractivity contribution in [3.8, 4) is 0 Å². The number of rotatable bonds is 5. The lowest BCUT2D eigenvalue weighted by Gasteiger charge is -2.06. The number of nitrogen functional groups attached to an aromatic ring is 1. The molecule has 0 unspecified atom stereocenters. The Labute approximate surface area is 97.2 Å². The van der Waals surface area contributed by atoms with Gasteiger partial charge in [-0.25, -0.2) is 9.37 Å². The number of aromatic nitrogens is 1. The largest absolute Gasteiger partial charge is 0.381 e. The Hall–Kier alpha value is -2.18. The van der Waals surface area contributed by atoms with Crippen molar-refractivity contribution in [2.24, 2.45) is 5.73 Å². The maximum absolute atomic E-state index is 13.4. The van der Waals surface area contributed by atoms with E-state index in [9.17, 15) is 14.0 Å². The van der Waals surface area contributed by atoms with Crippen LogP contribution < -0.4 is 16.8 Å². The van der Waals surface area contributed by atoms with Gasteiger partial charge >= 0.3 is 0 Å². The zero-order valence-corrected chi connectivity index (χ0v) is 9.07. The lowest BCUT2D eigenvalue weighted by Crippen LogP contribution is -2.26. The van der Waals surface area contributed by atoms with Gasteiger partial charge in [0.2, 0.25) is 5.91 Å². The van der Waals surface area contributed by atoms with Crippen molar-refractivity contribution in [2.75, 3.05) is 12.3 Å². The number of carbonyl (C=O) groups excluding carboxylic acids is 2. The third kappa shape index (κ3) is 3.71. The van der Waals surface area contributed by atoms with Gasteiger partial charge in [0.1, 0.15) is 0 Å². The highest BCUT2D eigenvalue weighted by Crippen LogP contribution is 2.11. The first-order chi connectivity index (χ1) is 8.02. The first-order valence-electron chi connectivity index (χ1n) is 4.99. The third-order valence-corrected chi connectivity index (χ3v) is 2.05. The summed E-state index contributed by atoms with van der Waals surface area (Å²) < 4.78 is 13.4. The summed E-state index contributed by atoms with van der Waals surface area (Å²) in [5, 5.41) is 2.45. The zero-order valence-electron chi connectivity index (χ0n) is 9.07. The van der Waals surface area contributed by atoms with Crippen molar-refractivity contribution < 1.29 is 14.0 Å². The molecule has 2 amide bonds. The minimum absolute atomic E-state index is 0.168. The maximum atomic E-state index is 13.4. The fraction of sp³-hybridized carbons (Fsp3) is 0.300. The number of carbonyl (C=O) groups is 2. The molecule has 5 N–H and O–H groups in total. The molecule has 1 aromatic heterocycles. The van der Waals surface area contributed by atoms with E-state index in [-0.39, 0.29) is 24.3 Å². The summed E-state index contributed by atoms with van der Waals surface area (Å²) in [5.41, 5.74) is 9.98. The van der Waals surface area contributed by atoms with Crippen molar-refractivity contribution in [3.05, 3.63) is 23.6 Å². The summed E-state index contributed by atoms with van der Waals surface area (Å²) in [5.74, 6) is -2.21. The van der Waals surface area contributed by atoms with Crippen LogP contribution in [0.2, 0.25) is 0 Å². The van der Waals surface area contributed by atoms with Gasteiger partial charge in [0.25, 0.3) is 5.91 Å². The molecule has 0 bridgehead atoms. The predicted molar refractivity (Wildman–Crippen MR) is 59.4 cm³/mol. The second-order valence-corrected chi connectivity index (χ2v) is 3.38. The van der Waals surface area contributed by atoms with Crippen LogP contribution in [0.5, 0.6) is 0 Å². The molecular weight excluding hydrogens is 227 g/mol. The Morgan fingerprint density at radius 1 is 1.47 bits per heavy atom. The Morgan fingerprint density at radius 3 is 2.82 bits per heavy atom. The average molecular weight is 240 g/mol. The molecule has 1 aromatic rings. The number of nitrogens with zero attached hydrogens (tertiary/aromatic N) is 1. The van der Waals surface area contributed by atoms with E-state index >= 15 is 0 Å². The van der Waals surface area contributed by atoms with Gasteiger partial charge in [-0.2, -0.15) is 0 Å². The van der Waals surface area contributed by atoms with Crippen LogP contribution in [0.4, 0.5) is 10.2 Å². The monoisotopic (exact) mass is 240 g/mol. The number of amides is 2. The second kappa shape index (κ2) is 5.78. The Bertz CT molecular complexity index is 436. The van der Waals surface area contributed by atoms with E-state index in [1.807, 2.05) is 0 Å². The van der Waals surface area contributed by atoms with E-state index in [0.717, 1.165) is 0 Å². The van der Waals surface area contributed by atoms with Gasteiger partial charge in [-0.1, -0.05) is 0 Å². The average Bonchev–Trinajstić information content (AvgIpc) is 2.27. The number of pyridine rings is 1. The van der Waals surface area contributed by atoms with Crippen molar-refractivity contribution in [3.63, 3.8) is 0 Å². The number of nitrogens with one attached hydrogen (secondary N) is 1. The number of hydrogen-bond donors (Lipinski definition) is 3. The molecule has 17 heavy (non-hydrogen) atoms. The quantitative estimate of drug-likeness (QED) is 0.618. The number of halogens is 1. The molecule has 92 valence electrons.